The van der Waals surface area contributed by atoms with E-state index in [4.69, 9.17) is 4.74 Å². The van der Waals surface area contributed by atoms with Crippen LogP contribution < -0.4 is 9.64 Å². The zero-order valence-electron chi connectivity index (χ0n) is 10.5. The first-order chi connectivity index (χ1) is 8.58. The van der Waals surface area contributed by atoms with Gasteiger partial charge in [0.25, 0.3) is 11.7 Å². The predicted molar refractivity (Wildman–Crippen MR) is 69.1 cm³/mol. The van der Waals surface area contributed by atoms with Crippen molar-refractivity contribution in [3.63, 3.8) is 0 Å². The lowest BCUT2D eigenvalue weighted by molar-refractivity contribution is -0.114. The third-order valence-corrected chi connectivity index (χ3v) is 3.06. The molecule has 0 unspecified atom stereocenters. The Morgan fingerprint density at radius 1 is 1.39 bits per heavy atom. The molecular formula is C14H15NO3. The second-order valence-electron chi connectivity index (χ2n) is 4.21. The lowest BCUT2D eigenvalue weighted by Gasteiger charge is -2.17. The number of anilines is 1. The average molecular weight is 245 g/mol. The SMILES string of the molecule is C=C(CC)CN1C(=O)C(=O)c2ccc(OC)cc21. The number of Topliss-reactive ketones (excluding diaryl/α,β-unsaturated/α-hetero) is 1. The van der Waals surface area contributed by atoms with E-state index < -0.39 is 11.7 Å². The number of hydrogen-bond acceptors (Lipinski definition) is 3. The van der Waals surface area contributed by atoms with Crippen molar-refractivity contribution >= 4 is 17.4 Å². The normalized spacial score (nSPS) is 13.8. The summed E-state index contributed by atoms with van der Waals surface area (Å²) in [5, 5.41) is 0. The van der Waals surface area contributed by atoms with Gasteiger partial charge in [-0.3, -0.25) is 9.59 Å². The topological polar surface area (TPSA) is 46.6 Å². The molecule has 1 amide bonds. The van der Waals surface area contributed by atoms with Gasteiger partial charge in [0.2, 0.25) is 0 Å². The van der Waals surface area contributed by atoms with Crippen LogP contribution in [0.2, 0.25) is 0 Å². The minimum atomic E-state index is -0.493. The highest BCUT2D eigenvalue weighted by molar-refractivity contribution is 6.52. The molecule has 0 fully saturated rings. The second kappa shape index (κ2) is 4.64. The molecule has 0 saturated carbocycles. The zero-order chi connectivity index (χ0) is 13.3. The van der Waals surface area contributed by atoms with Gasteiger partial charge >= 0.3 is 0 Å². The summed E-state index contributed by atoms with van der Waals surface area (Å²) in [5.74, 6) is -0.326. The summed E-state index contributed by atoms with van der Waals surface area (Å²) >= 11 is 0. The maximum Gasteiger partial charge on any atom is 0.299 e. The van der Waals surface area contributed by atoms with Gasteiger partial charge in [0.05, 0.1) is 18.4 Å². The fourth-order valence-corrected chi connectivity index (χ4v) is 1.89. The maximum absolute atomic E-state index is 11.9. The summed E-state index contributed by atoms with van der Waals surface area (Å²) < 4.78 is 5.12. The first-order valence-corrected chi connectivity index (χ1v) is 5.79. The molecule has 1 aromatic carbocycles. The van der Waals surface area contributed by atoms with Crippen LogP contribution in [0.4, 0.5) is 5.69 Å². The maximum atomic E-state index is 11.9. The van der Waals surface area contributed by atoms with Crippen molar-refractivity contribution in [3.8, 4) is 5.75 Å². The quantitative estimate of drug-likeness (QED) is 0.603. The molecule has 4 heteroatoms. The Balaban J connectivity index is 2.42. The number of hydrogen-bond donors (Lipinski definition) is 0. The molecule has 18 heavy (non-hydrogen) atoms. The van der Waals surface area contributed by atoms with Gasteiger partial charge in [-0.2, -0.15) is 0 Å². The molecule has 1 aliphatic heterocycles. The molecule has 0 atom stereocenters. The van der Waals surface area contributed by atoms with Gasteiger partial charge in [-0.1, -0.05) is 19.1 Å². The van der Waals surface area contributed by atoms with E-state index in [9.17, 15) is 9.59 Å². The molecule has 0 spiro atoms. The fourth-order valence-electron chi connectivity index (χ4n) is 1.89. The van der Waals surface area contributed by atoms with E-state index in [0.717, 1.165) is 12.0 Å². The third-order valence-electron chi connectivity index (χ3n) is 3.06. The first-order valence-electron chi connectivity index (χ1n) is 5.79. The molecule has 0 saturated heterocycles. The highest BCUT2D eigenvalue weighted by atomic mass is 16.5. The Morgan fingerprint density at radius 3 is 2.72 bits per heavy atom. The van der Waals surface area contributed by atoms with Gasteiger partial charge in [0.15, 0.2) is 0 Å². The molecule has 1 aliphatic rings. The number of methoxy groups -OCH3 is 1. The summed E-state index contributed by atoms with van der Waals surface area (Å²) in [6.07, 6.45) is 0.775. The van der Waals surface area contributed by atoms with Crippen LogP contribution in [0.1, 0.15) is 23.7 Å². The highest BCUT2D eigenvalue weighted by Gasteiger charge is 2.35. The molecule has 0 N–H and O–H groups in total. The first kappa shape index (κ1) is 12.4. The van der Waals surface area contributed by atoms with Gasteiger partial charge in [-0.25, -0.2) is 0 Å². The van der Waals surface area contributed by atoms with Crippen LogP contribution in [0.5, 0.6) is 5.75 Å². The molecule has 0 radical (unpaired) electrons. The van der Waals surface area contributed by atoms with Crippen LogP contribution in [0, 0.1) is 0 Å². The molecule has 1 heterocycles. The van der Waals surface area contributed by atoms with Gasteiger partial charge < -0.3 is 9.64 Å². The van der Waals surface area contributed by atoms with Crippen LogP contribution in [-0.4, -0.2) is 25.3 Å². The number of ketones is 1. The standard InChI is InChI=1S/C14H15NO3/c1-4-9(2)8-15-12-7-10(18-3)5-6-11(12)13(16)14(15)17/h5-7H,2,4,8H2,1,3H3. The molecule has 0 bridgehead atoms. The fraction of sp³-hybridized carbons (Fsp3) is 0.286. The van der Waals surface area contributed by atoms with Crippen LogP contribution in [0.25, 0.3) is 0 Å². The molecule has 4 nitrogen and oxygen atoms in total. The van der Waals surface area contributed by atoms with Gasteiger partial charge in [0, 0.05) is 12.6 Å². The largest absolute Gasteiger partial charge is 0.497 e. The number of carbonyl (C=O) groups is 2. The minimum Gasteiger partial charge on any atom is -0.497 e. The van der Waals surface area contributed by atoms with E-state index in [0.29, 0.717) is 23.5 Å². The number of benzene rings is 1. The van der Waals surface area contributed by atoms with Crippen molar-refractivity contribution in [2.75, 3.05) is 18.6 Å². The van der Waals surface area contributed by atoms with E-state index in [1.165, 1.54) is 4.90 Å². The van der Waals surface area contributed by atoms with Crippen molar-refractivity contribution in [1.29, 1.82) is 0 Å². The summed E-state index contributed by atoms with van der Waals surface area (Å²) in [5.41, 5.74) is 1.95. The van der Waals surface area contributed by atoms with Crippen LogP contribution in [0.3, 0.4) is 0 Å². The van der Waals surface area contributed by atoms with Gasteiger partial charge in [-0.05, 0) is 18.6 Å². The molecule has 0 aromatic heterocycles. The number of amides is 1. The van der Waals surface area contributed by atoms with Crippen molar-refractivity contribution in [2.45, 2.75) is 13.3 Å². The number of ether oxygens (including phenoxy) is 1. The Hall–Kier alpha value is -2.10. The Morgan fingerprint density at radius 2 is 2.11 bits per heavy atom. The summed E-state index contributed by atoms with van der Waals surface area (Å²) in [6.45, 7) is 6.22. The second-order valence-corrected chi connectivity index (χ2v) is 4.21. The zero-order valence-corrected chi connectivity index (χ0v) is 10.5. The highest BCUT2D eigenvalue weighted by Crippen LogP contribution is 2.32. The third kappa shape index (κ3) is 1.90. The van der Waals surface area contributed by atoms with Gasteiger partial charge in [-0.15, -0.1) is 0 Å². The molecule has 94 valence electrons. The van der Waals surface area contributed by atoms with Crippen LogP contribution in [0.15, 0.2) is 30.4 Å². The van der Waals surface area contributed by atoms with Crippen LogP contribution in [-0.2, 0) is 4.79 Å². The minimum absolute atomic E-state index is 0.376. The lowest BCUT2D eigenvalue weighted by atomic mass is 10.1. The molecule has 2 rings (SSSR count). The smallest absolute Gasteiger partial charge is 0.299 e. The number of carbonyl (C=O) groups excluding carboxylic acids is 2. The van der Waals surface area contributed by atoms with E-state index in [-0.39, 0.29) is 0 Å². The summed E-state index contributed by atoms with van der Waals surface area (Å²) in [6, 6.07) is 5.02. The van der Waals surface area contributed by atoms with Crippen molar-refractivity contribution in [3.05, 3.63) is 35.9 Å². The van der Waals surface area contributed by atoms with Gasteiger partial charge in [0.1, 0.15) is 5.75 Å². The number of rotatable bonds is 4. The van der Waals surface area contributed by atoms with E-state index in [1.54, 1.807) is 25.3 Å². The average Bonchev–Trinajstić information content (AvgIpc) is 2.63. The van der Waals surface area contributed by atoms with Crippen LogP contribution >= 0.6 is 0 Å². The Kier molecular flexibility index (Phi) is 3.19. The van der Waals surface area contributed by atoms with Crippen molar-refractivity contribution in [2.24, 2.45) is 0 Å². The number of fused-ring (bicyclic) bond motifs is 1. The monoisotopic (exact) mass is 245 g/mol. The summed E-state index contributed by atoms with van der Waals surface area (Å²) in [4.78, 5) is 25.2. The Bertz CT molecular complexity index is 534. The van der Waals surface area contributed by atoms with E-state index >= 15 is 0 Å². The van der Waals surface area contributed by atoms with E-state index in [1.807, 2.05) is 6.92 Å². The van der Waals surface area contributed by atoms with E-state index in [2.05, 4.69) is 6.58 Å². The summed E-state index contributed by atoms with van der Waals surface area (Å²) in [7, 11) is 1.55. The van der Waals surface area contributed by atoms with Crippen molar-refractivity contribution in [1.82, 2.24) is 0 Å². The lowest BCUT2D eigenvalue weighted by Crippen LogP contribution is -2.31. The number of nitrogens with zero attached hydrogens (tertiary/aromatic N) is 1. The molecular weight excluding hydrogens is 230 g/mol. The molecule has 0 aliphatic carbocycles. The Labute approximate surface area is 106 Å². The predicted octanol–water partition coefficient (Wildman–Crippen LogP) is 2.19. The van der Waals surface area contributed by atoms with Crippen molar-refractivity contribution < 1.29 is 14.3 Å². The molecule has 1 aromatic rings.